The van der Waals surface area contributed by atoms with Gasteiger partial charge in [0.25, 0.3) is 0 Å². The fourth-order valence-corrected chi connectivity index (χ4v) is 5.01. The van der Waals surface area contributed by atoms with Crippen molar-refractivity contribution in [3.63, 3.8) is 0 Å². The van der Waals surface area contributed by atoms with Gasteiger partial charge in [-0.25, -0.2) is 4.98 Å². The molecule has 0 spiro atoms. The Kier molecular flexibility index (Phi) is 3.84. The lowest BCUT2D eigenvalue weighted by molar-refractivity contribution is -0.116. The topological polar surface area (TPSA) is 72.7 Å². The lowest BCUT2D eigenvalue weighted by atomic mass is 9.87. The van der Waals surface area contributed by atoms with Crippen LogP contribution in [0.3, 0.4) is 0 Å². The summed E-state index contributed by atoms with van der Waals surface area (Å²) in [4.78, 5) is 21.3. The Morgan fingerprint density at radius 3 is 3.04 bits per heavy atom. The number of fused-ring (bicyclic) bond motifs is 2. The number of nitrogens with one attached hydrogen (secondary N) is 1. The number of hydrogen-bond donors (Lipinski definition) is 1. The second-order valence-corrected chi connectivity index (χ2v) is 8.38. The maximum absolute atomic E-state index is 12.4. The SMILES string of the molecule is Cc1nn(-c2nc3ccc(Br)cc3s2)c2c1[C@H](c1cccnc1)CC(=O)N2. The minimum Gasteiger partial charge on any atom is -0.310 e. The van der Waals surface area contributed by atoms with E-state index < -0.39 is 0 Å². The quantitative estimate of drug-likeness (QED) is 0.501. The van der Waals surface area contributed by atoms with Gasteiger partial charge in [-0.1, -0.05) is 33.3 Å². The molecule has 0 unspecified atom stereocenters. The molecular weight excluding hydrogens is 426 g/mol. The molecule has 3 aromatic heterocycles. The highest BCUT2D eigenvalue weighted by molar-refractivity contribution is 9.10. The molecule has 5 rings (SSSR count). The van der Waals surface area contributed by atoms with Gasteiger partial charge in [0, 0.05) is 34.8 Å². The number of amides is 1. The molecule has 0 fully saturated rings. The van der Waals surface area contributed by atoms with Crippen LogP contribution in [0.5, 0.6) is 0 Å². The van der Waals surface area contributed by atoms with Gasteiger partial charge in [-0.2, -0.15) is 9.78 Å². The predicted molar refractivity (Wildman–Crippen MR) is 109 cm³/mol. The number of halogens is 1. The van der Waals surface area contributed by atoms with Gasteiger partial charge in [0.05, 0.1) is 15.9 Å². The van der Waals surface area contributed by atoms with Gasteiger partial charge in [0.15, 0.2) is 0 Å². The molecule has 4 aromatic rings. The molecule has 0 saturated carbocycles. The lowest BCUT2D eigenvalue weighted by Crippen LogP contribution is -2.25. The first-order valence-corrected chi connectivity index (χ1v) is 10.1. The number of aryl methyl sites for hydroxylation is 1. The summed E-state index contributed by atoms with van der Waals surface area (Å²) in [5.41, 5.74) is 3.85. The number of nitrogens with zero attached hydrogens (tertiary/aromatic N) is 4. The molecule has 134 valence electrons. The highest BCUT2D eigenvalue weighted by atomic mass is 79.9. The Labute approximate surface area is 167 Å². The number of carbonyl (C=O) groups is 1. The molecule has 27 heavy (non-hydrogen) atoms. The van der Waals surface area contributed by atoms with Gasteiger partial charge in [0.2, 0.25) is 11.0 Å². The first kappa shape index (κ1) is 16.6. The molecule has 8 heteroatoms. The summed E-state index contributed by atoms with van der Waals surface area (Å²) in [6.45, 7) is 1.97. The summed E-state index contributed by atoms with van der Waals surface area (Å²) in [7, 11) is 0. The average Bonchev–Trinajstić information content (AvgIpc) is 3.22. The minimum absolute atomic E-state index is 0.0265. The van der Waals surface area contributed by atoms with E-state index in [1.165, 1.54) is 0 Å². The van der Waals surface area contributed by atoms with Crippen LogP contribution >= 0.6 is 27.3 Å². The van der Waals surface area contributed by atoms with Crippen LogP contribution in [0.15, 0.2) is 47.2 Å². The summed E-state index contributed by atoms with van der Waals surface area (Å²) < 4.78 is 3.82. The molecule has 6 nitrogen and oxygen atoms in total. The molecule has 1 amide bonds. The van der Waals surface area contributed by atoms with E-state index in [1.54, 1.807) is 22.2 Å². The molecule has 0 aliphatic carbocycles. The molecule has 1 atom stereocenters. The van der Waals surface area contributed by atoms with E-state index in [-0.39, 0.29) is 11.8 Å². The number of hydrogen-bond acceptors (Lipinski definition) is 5. The van der Waals surface area contributed by atoms with E-state index in [4.69, 9.17) is 10.1 Å². The molecular formula is C19H14BrN5OS. The monoisotopic (exact) mass is 439 g/mol. The van der Waals surface area contributed by atoms with E-state index in [1.807, 2.05) is 43.5 Å². The van der Waals surface area contributed by atoms with Crippen molar-refractivity contribution in [2.75, 3.05) is 5.32 Å². The number of benzene rings is 1. The van der Waals surface area contributed by atoms with E-state index in [0.29, 0.717) is 12.2 Å². The smallest absolute Gasteiger partial charge is 0.226 e. The van der Waals surface area contributed by atoms with Crippen molar-refractivity contribution in [3.8, 4) is 5.13 Å². The first-order chi connectivity index (χ1) is 13.1. The Bertz CT molecular complexity index is 1180. The largest absolute Gasteiger partial charge is 0.310 e. The summed E-state index contributed by atoms with van der Waals surface area (Å²) in [6, 6.07) is 9.88. The molecule has 4 heterocycles. The highest BCUT2D eigenvalue weighted by Crippen LogP contribution is 2.40. The number of pyridine rings is 1. The fraction of sp³-hybridized carbons (Fsp3) is 0.158. The van der Waals surface area contributed by atoms with Gasteiger partial charge in [0.1, 0.15) is 5.82 Å². The van der Waals surface area contributed by atoms with Crippen LogP contribution in [0.2, 0.25) is 0 Å². The minimum atomic E-state index is -0.0558. The summed E-state index contributed by atoms with van der Waals surface area (Å²) >= 11 is 5.04. The van der Waals surface area contributed by atoms with Crippen LogP contribution in [-0.2, 0) is 4.79 Å². The number of thiazole rings is 1. The van der Waals surface area contributed by atoms with E-state index in [9.17, 15) is 4.79 Å². The number of anilines is 1. The van der Waals surface area contributed by atoms with Gasteiger partial charge in [-0.05, 0) is 36.8 Å². The Morgan fingerprint density at radius 1 is 1.33 bits per heavy atom. The predicted octanol–water partition coefficient (Wildman–Crippen LogP) is 4.42. The Morgan fingerprint density at radius 2 is 2.22 bits per heavy atom. The molecule has 1 aliphatic heterocycles. The van der Waals surface area contributed by atoms with Gasteiger partial charge in [-0.3, -0.25) is 9.78 Å². The molecule has 1 aromatic carbocycles. The average molecular weight is 440 g/mol. The van der Waals surface area contributed by atoms with Crippen LogP contribution in [-0.4, -0.2) is 25.7 Å². The Hall–Kier alpha value is -2.58. The second kappa shape index (κ2) is 6.24. The lowest BCUT2D eigenvalue weighted by Gasteiger charge is -2.23. The van der Waals surface area contributed by atoms with Crippen molar-refractivity contribution < 1.29 is 4.79 Å². The van der Waals surface area contributed by atoms with Crippen LogP contribution in [0.4, 0.5) is 5.82 Å². The number of aromatic nitrogens is 4. The number of rotatable bonds is 2. The van der Waals surface area contributed by atoms with Gasteiger partial charge >= 0.3 is 0 Å². The molecule has 1 aliphatic rings. The van der Waals surface area contributed by atoms with E-state index >= 15 is 0 Å². The third-order valence-corrected chi connectivity index (χ3v) is 6.20. The van der Waals surface area contributed by atoms with Crippen molar-refractivity contribution in [1.29, 1.82) is 0 Å². The zero-order chi connectivity index (χ0) is 18.5. The highest BCUT2D eigenvalue weighted by Gasteiger charge is 2.33. The zero-order valence-electron chi connectivity index (χ0n) is 14.3. The zero-order valence-corrected chi connectivity index (χ0v) is 16.7. The normalized spacial score (nSPS) is 16.4. The maximum atomic E-state index is 12.4. The summed E-state index contributed by atoms with van der Waals surface area (Å²) in [6.07, 6.45) is 3.94. The van der Waals surface area contributed by atoms with Crippen LogP contribution in [0.25, 0.3) is 15.3 Å². The molecule has 0 radical (unpaired) electrons. The van der Waals surface area contributed by atoms with E-state index in [0.717, 1.165) is 36.6 Å². The molecule has 0 bridgehead atoms. The third-order valence-electron chi connectivity index (χ3n) is 4.71. The number of carbonyl (C=O) groups excluding carboxylic acids is 1. The fourth-order valence-electron chi connectivity index (χ4n) is 3.53. The van der Waals surface area contributed by atoms with Gasteiger partial charge in [-0.15, -0.1) is 0 Å². The first-order valence-electron chi connectivity index (χ1n) is 8.46. The maximum Gasteiger partial charge on any atom is 0.226 e. The van der Waals surface area contributed by atoms with Crippen molar-refractivity contribution in [2.45, 2.75) is 19.3 Å². The van der Waals surface area contributed by atoms with E-state index in [2.05, 4.69) is 26.2 Å². The van der Waals surface area contributed by atoms with Crippen LogP contribution in [0, 0.1) is 6.92 Å². The third kappa shape index (κ3) is 2.76. The summed E-state index contributed by atoms with van der Waals surface area (Å²) in [5.74, 6) is 0.622. The van der Waals surface area contributed by atoms with Crippen molar-refractivity contribution in [1.82, 2.24) is 19.7 Å². The second-order valence-electron chi connectivity index (χ2n) is 6.46. The van der Waals surface area contributed by atoms with Crippen LogP contribution < -0.4 is 5.32 Å². The Balaban J connectivity index is 1.68. The van der Waals surface area contributed by atoms with Crippen molar-refractivity contribution in [2.24, 2.45) is 0 Å². The van der Waals surface area contributed by atoms with Crippen molar-refractivity contribution in [3.05, 3.63) is 64.0 Å². The molecule has 1 N–H and O–H groups in total. The standard InChI is InChI=1S/C19H14BrN5OS/c1-10-17-13(11-3-2-6-21-9-11)8-16(26)23-18(17)25(24-10)19-22-14-5-4-12(20)7-15(14)27-19/h2-7,9,13H,8H2,1H3,(H,23,26)/t13-/m0/s1. The van der Waals surface area contributed by atoms with Crippen molar-refractivity contribution >= 4 is 49.2 Å². The molecule has 0 saturated heterocycles. The summed E-state index contributed by atoms with van der Waals surface area (Å²) in [5, 5.41) is 8.45. The van der Waals surface area contributed by atoms with Gasteiger partial charge < -0.3 is 5.32 Å². The van der Waals surface area contributed by atoms with Crippen LogP contribution in [0.1, 0.15) is 29.2 Å².